The summed E-state index contributed by atoms with van der Waals surface area (Å²) in [4.78, 5) is 26.4. The van der Waals surface area contributed by atoms with Gasteiger partial charge in [0.1, 0.15) is 5.78 Å². The van der Waals surface area contributed by atoms with Crippen LogP contribution in [-0.2, 0) is 28.5 Å². The largest absolute Gasteiger partial charge is 0.379 e. The number of carbonyl (C=O) groups is 2. The lowest BCUT2D eigenvalue weighted by atomic mass is 10.0. The lowest BCUT2D eigenvalue weighted by Gasteiger charge is -2.33. The predicted molar refractivity (Wildman–Crippen MR) is 128 cm³/mol. The molecule has 0 bridgehead atoms. The summed E-state index contributed by atoms with van der Waals surface area (Å²) in [6, 6.07) is 0. The second kappa shape index (κ2) is 13.0. The topological polar surface area (TPSA) is 74.3 Å². The molecular weight excluding hydrogens is 410 g/mol. The molecule has 0 aliphatic heterocycles. The zero-order valence-corrected chi connectivity index (χ0v) is 22.6. The highest BCUT2D eigenvalue weighted by molar-refractivity contribution is 5.85. The van der Waals surface area contributed by atoms with Crippen LogP contribution in [0.4, 0.5) is 0 Å². The summed E-state index contributed by atoms with van der Waals surface area (Å²) < 4.78 is 22.9. The van der Waals surface area contributed by atoms with Gasteiger partial charge in [-0.2, -0.15) is 0 Å². The molecule has 7 heteroatoms. The fourth-order valence-corrected chi connectivity index (χ4v) is 2.91. The van der Waals surface area contributed by atoms with Gasteiger partial charge in [0.25, 0.3) is 0 Å². The van der Waals surface area contributed by atoms with Crippen LogP contribution < -0.4 is 0 Å². The summed E-state index contributed by atoms with van der Waals surface area (Å²) in [5.74, 6) is -0.132. The Balaban J connectivity index is 4.84. The lowest BCUT2D eigenvalue weighted by molar-refractivity contribution is -0.142. The minimum atomic E-state index is -0.631. The van der Waals surface area contributed by atoms with Gasteiger partial charge in [0.05, 0.1) is 48.6 Å². The molecule has 0 aromatic carbocycles. The highest BCUT2D eigenvalue weighted by Crippen LogP contribution is 2.22. The fraction of sp³-hybridized carbons (Fsp3) is 0.920. The van der Waals surface area contributed by atoms with Gasteiger partial charge in [-0.3, -0.25) is 9.59 Å². The molecule has 0 heterocycles. The molecule has 0 spiro atoms. The van der Waals surface area contributed by atoms with Crippen LogP contribution in [0.1, 0.15) is 88.0 Å². The number of methoxy groups -OCH3 is 2. The molecule has 7 nitrogen and oxygen atoms in total. The van der Waals surface area contributed by atoms with Crippen LogP contribution in [0.15, 0.2) is 0 Å². The zero-order valence-electron chi connectivity index (χ0n) is 22.6. The molecule has 0 aromatic heterocycles. The van der Waals surface area contributed by atoms with Crippen LogP contribution in [0.2, 0.25) is 0 Å². The van der Waals surface area contributed by atoms with Crippen molar-refractivity contribution < 1.29 is 28.5 Å². The minimum absolute atomic E-state index is 0.0421. The molecule has 0 fully saturated rings. The SMILES string of the molecule is COC(C)(C)CCOC(C)(C)CCN(CC(C)=O)C(=O)CC(C)(C)OCCC(C)(C)OC. The first-order chi connectivity index (χ1) is 14.4. The molecule has 0 rings (SSSR count). The van der Waals surface area contributed by atoms with Crippen molar-refractivity contribution in [3.63, 3.8) is 0 Å². The summed E-state index contributed by atoms with van der Waals surface area (Å²) in [6.07, 6.45) is 2.33. The average molecular weight is 460 g/mol. The summed E-state index contributed by atoms with van der Waals surface area (Å²) in [7, 11) is 3.37. The van der Waals surface area contributed by atoms with Crippen molar-refractivity contribution in [3.8, 4) is 0 Å². The van der Waals surface area contributed by atoms with Crippen LogP contribution in [0, 0.1) is 0 Å². The monoisotopic (exact) mass is 459 g/mol. The van der Waals surface area contributed by atoms with Crippen molar-refractivity contribution in [2.24, 2.45) is 0 Å². The number of hydrogen-bond donors (Lipinski definition) is 0. The molecule has 0 N–H and O–H groups in total. The third kappa shape index (κ3) is 14.2. The van der Waals surface area contributed by atoms with E-state index in [1.165, 1.54) is 6.92 Å². The summed E-state index contributed by atoms with van der Waals surface area (Å²) in [5.41, 5.74) is -1.56. The second-order valence-corrected chi connectivity index (χ2v) is 11.1. The third-order valence-electron chi connectivity index (χ3n) is 5.83. The van der Waals surface area contributed by atoms with E-state index in [4.69, 9.17) is 18.9 Å². The van der Waals surface area contributed by atoms with E-state index in [0.717, 1.165) is 12.8 Å². The van der Waals surface area contributed by atoms with Crippen molar-refractivity contribution in [1.29, 1.82) is 0 Å². The van der Waals surface area contributed by atoms with E-state index in [0.29, 0.717) is 26.2 Å². The lowest BCUT2D eigenvalue weighted by Crippen LogP contribution is -2.43. The van der Waals surface area contributed by atoms with Crippen molar-refractivity contribution in [3.05, 3.63) is 0 Å². The number of hydrogen-bond acceptors (Lipinski definition) is 6. The van der Waals surface area contributed by atoms with E-state index in [9.17, 15) is 9.59 Å². The molecule has 0 unspecified atom stereocenters. The molecule has 0 aromatic rings. The average Bonchev–Trinajstić information content (AvgIpc) is 2.63. The van der Waals surface area contributed by atoms with E-state index in [1.807, 2.05) is 55.4 Å². The first kappa shape index (κ1) is 31.0. The molecule has 0 saturated carbocycles. The normalized spacial score (nSPS) is 13.3. The standard InChI is InChI=1S/C25H49NO6/c1-20(27)19-26(15-12-24(6,7)31-16-13-22(2,3)29-10)21(28)18-25(8,9)32-17-14-23(4,5)30-11/h12-19H2,1-11H3. The van der Waals surface area contributed by atoms with Gasteiger partial charge in [0, 0.05) is 20.8 Å². The molecular formula is C25H49NO6. The van der Waals surface area contributed by atoms with Crippen LogP contribution in [0.25, 0.3) is 0 Å². The first-order valence-electron chi connectivity index (χ1n) is 11.6. The van der Waals surface area contributed by atoms with E-state index in [1.54, 1.807) is 19.1 Å². The van der Waals surface area contributed by atoms with Gasteiger partial charge in [0.2, 0.25) is 5.91 Å². The Morgan fingerprint density at radius 3 is 1.53 bits per heavy atom. The molecule has 190 valence electrons. The molecule has 0 atom stereocenters. The Morgan fingerprint density at radius 2 is 1.12 bits per heavy atom. The number of rotatable bonds is 17. The quantitative estimate of drug-likeness (QED) is 0.321. The van der Waals surface area contributed by atoms with Crippen molar-refractivity contribution in [1.82, 2.24) is 4.90 Å². The fourth-order valence-electron chi connectivity index (χ4n) is 2.91. The summed E-state index contributed by atoms with van der Waals surface area (Å²) in [5, 5.41) is 0. The Hall–Kier alpha value is -1.02. The van der Waals surface area contributed by atoms with E-state index < -0.39 is 11.2 Å². The number of Topliss-reactive ketones (excluding diaryl/α,β-unsaturated/α-hetero) is 1. The summed E-state index contributed by atoms with van der Waals surface area (Å²) in [6.45, 7) is 19.0. The Bertz CT molecular complexity index is 583. The van der Waals surface area contributed by atoms with Gasteiger partial charge >= 0.3 is 0 Å². The Labute approximate surface area is 196 Å². The van der Waals surface area contributed by atoms with Crippen LogP contribution >= 0.6 is 0 Å². The Kier molecular flexibility index (Phi) is 12.6. The number of carbonyl (C=O) groups excluding carboxylic acids is 2. The number of ether oxygens (including phenoxy) is 4. The smallest absolute Gasteiger partial charge is 0.225 e. The van der Waals surface area contributed by atoms with Gasteiger partial charge in [-0.15, -0.1) is 0 Å². The van der Waals surface area contributed by atoms with Crippen molar-refractivity contribution in [2.75, 3.05) is 40.5 Å². The second-order valence-electron chi connectivity index (χ2n) is 11.1. The summed E-state index contributed by atoms with van der Waals surface area (Å²) >= 11 is 0. The zero-order chi connectivity index (χ0) is 25.2. The van der Waals surface area contributed by atoms with E-state index >= 15 is 0 Å². The van der Waals surface area contributed by atoms with Gasteiger partial charge in [-0.25, -0.2) is 0 Å². The molecule has 0 aliphatic carbocycles. The van der Waals surface area contributed by atoms with Crippen molar-refractivity contribution >= 4 is 11.7 Å². The Morgan fingerprint density at radius 1 is 0.688 bits per heavy atom. The maximum atomic E-state index is 13.0. The first-order valence-corrected chi connectivity index (χ1v) is 11.6. The predicted octanol–water partition coefficient (Wildman–Crippen LogP) is 4.40. The van der Waals surface area contributed by atoms with Crippen molar-refractivity contribution in [2.45, 2.75) is 110 Å². The molecule has 0 radical (unpaired) electrons. The minimum Gasteiger partial charge on any atom is -0.379 e. The molecule has 1 amide bonds. The number of amides is 1. The molecule has 0 saturated heterocycles. The van der Waals surface area contributed by atoms with Gasteiger partial charge in [0.15, 0.2) is 0 Å². The number of nitrogens with zero attached hydrogens (tertiary/aromatic N) is 1. The highest BCUT2D eigenvalue weighted by atomic mass is 16.5. The van der Waals surface area contributed by atoms with E-state index in [2.05, 4.69) is 0 Å². The highest BCUT2D eigenvalue weighted by Gasteiger charge is 2.29. The third-order valence-corrected chi connectivity index (χ3v) is 5.83. The van der Waals surface area contributed by atoms with Gasteiger partial charge < -0.3 is 23.8 Å². The van der Waals surface area contributed by atoms with Crippen LogP contribution in [0.5, 0.6) is 0 Å². The number of ketones is 1. The maximum absolute atomic E-state index is 13.0. The van der Waals surface area contributed by atoms with Gasteiger partial charge in [-0.05, 0) is 81.6 Å². The molecule has 32 heavy (non-hydrogen) atoms. The van der Waals surface area contributed by atoms with Crippen LogP contribution in [-0.4, -0.2) is 79.5 Å². The van der Waals surface area contributed by atoms with Gasteiger partial charge in [-0.1, -0.05) is 0 Å². The molecule has 0 aliphatic rings. The maximum Gasteiger partial charge on any atom is 0.225 e. The van der Waals surface area contributed by atoms with Crippen LogP contribution in [0.3, 0.4) is 0 Å². The van der Waals surface area contributed by atoms with E-state index in [-0.39, 0.29) is 35.9 Å².